The molecule has 0 spiro atoms. The van der Waals surface area contributed by atoms with Crippen LogP contribution in [0.25, 0.3) is 0 Å². The number of hydrogen-bond donors (Lipinski definition) is 3. The van der Waals surface area contributed by atoms with Crippen molar-refractivity contribution in [2.24, 2.45) is 0 Å². The molecule has 0 radical (unpaired) electrons. The van der Waals surface area contributed by atoms with Crippen LogP contribution in [0.3, 0.4) is 0 Å². The molecule has 3 N–H and O–H groups in total. The van der Waals surface area contributed by atoms with E-state index in [1.165, 1.54) is 0 Å². The van der Waals surface area contributed by atoms with Crippen molar-refractivity contribution in [3.63, 3.8) is 0 Å². The molecule has 2 rings (SSSR count). The van der Waals surface area contributed by atoms with E-state index in [1.54, 1.807) is 49.4 Å². The van der Waals surface area contributed by atoms with Gasteiger partial charge >= 0.3 is 0 Å². The first-order chi connectivity index (χ1) is 11.5. The summed E-state index contributed by atoms with van der Waals surface area (Å²) in [6, 6.07) is 12.0. The molecule has 0 unspecified atom stereocenters. The predicted molar refractivity (Wildman–Crippen MR) is 98.9 cm³/mol. The molecule has 24 heavy (non-hydrogen) atoms. The fourth-order valence-electron chi connectivity index (χ4n) is 1.89. The zero-order valence-corrected chi connectivity index (χ0v) is 14.5. The molecule has 0 aliphatic carbocycles. The highest BCUT2D eigenvalue weighted by Crippen LogP contribution is 2.25. The second-order valence-electron chi connectivity index (χ2n) is 5.00. The van der Waals surface area contributed by atoms with Crippen LogP contribution in [0, 0.1) is 0 Å². The number of halogens is 2. The number of amides is 2. The smallest absolute Gasteiger partial charge is 0.243 e. The summed E-state index contributed by atoms with van der Waals surface area (Å²) in [4.78, 5) is 23.3. The largest absolute Gasteiger partial charge is 0.376 e. The normalized spacial score (nSPS) is 10.1. The number of rotatable bonds is 6. The maximum atomic E-state index is 12.0. The van der Waals surface area contributed by atoms with Crippen molar-refractivity contribution in [1.82, 2.24) is 0 Å². The summed E-state index contributed by atoms with van der Waals surface area (Å²) < 4.78 is 0. The van der Waals surface area contributed by atoms with E-state index in [9.17, 15) is 9.59 Å². The maximum absolute atomic E-state index is 12.0. The van der Waals surface area contributed by atoms with Crippen LogP contribution in [0.5, 0.6) is 0 Å². The summed E-state index contributed by atoms with van der Waals surface area (Å²) in [5.74, 6) is -0.295. The minimum Gasteiger partial charge on any atom is -0.376 e. The lowest BCUT2D eigenvalue weighted by atomic mass is 10.2. The van der Waals surface area contributed by atoms with E-state index < -0.39 is 0 Å². The van der Waals surface area contributed by atoms with Gasteiger partial charge in [-0.15, -0.1) is 0 Å². The molecule has 2 aromatic carbocycles. The Balaban J connectivity index is 1.87. The fourth-order valence-corrected chi connectivity index (χ4v) is 2.23. The first kappa shape index (κ1) is 18.1. The standard InChI is InChI=1S/C17H17Cl2N3O2/c1-2-16(23)21-13-6-4-12(5-7-13)20-10-17(24)22-15-9-11(18)3-8-14(15)19/h3-9,20H,2,10H2,1H3,(H,21,23)(H,22,24). The van der Waals surface area contributed by atoms with Crippen molar-refractivity contribution < 1.29 is 9.59 Å². The summed E-state index contributed by atoms with van der Waals surface area (Å²) in [6.07, 6.45) is 0.423. The first-order valence-corrected chi connectivity index (χ1v) is 8.12. The lowest BCUT2D eigenvalue weighted by Crippen LogP contribution is -2.21. The zero-order valence-electron chi connectivity index (χ0n) is 13.0. The van der Waals surface area contributed by atoms with Crippen LogP contribution in [0.1, 0.15) is 13.3 Å². The third-order valence-electron chi connectivity index (χ3n) is 3.15. The van der Waals surface area contributed by atoms with Gasteiger partial charge in [0.25, 0.3) is 0 Å². The van der Waals surface area contributed by atoms with Gasteiger partial charge in [0.05, 0.1) is 17.3 Å². The van der Waals surface area contributed by atoms with Crippen LogP contribution in [-0.2, 0) is 9.59 Å². The summed E-state index contributed by atoms with van der Waals surface area (Å²) in [6.45, 7) is 1.86. The maximum Gasteiger partial charge on any atom is 0.243 e. The van der Waals surface area contributed by atoms with Gasteiger partial charge in [-0.1, -0.05) is 30.1 Å². The molecule has 126 valence electrons. The van der Waals surface area contributed by atoms with Crippen LogP contribution < -0.4 is 16.0 Å². The van der Waals surface area contributed by atoms with Gasteiger partial charge in [-0.3, -0.25) is 9.59 Å². The molecule has 5 nitrogen and oxygen atoms in total. The Hall–Kier alpha value is -2.24. The number of benzene rings is 2. The molecule has 0 bridgehead atoms. The van der Waals surface area contributed by atoms with E-state index in [0.29, 0.717) is 27.8 Å². The Kier molecular flexibility index (Phi) is 6.46. The Morgan fingerprint density at radius 3 is 2.25 bits per heavy atom. The van der Waals surface area contributed by atoms with Crippen LogP contribution in [0.4, 0.5) is 17.1 Å². The predicted octanol–water partition coefficient (Wildman–Crippen LogP) is 4.39. The topological polar surface area (TPSA) is 70.2 Å². The Labute approximate surface area is 150 Å². The van der Waals surface area contributed by atoms with E-state index >= 15 is 0 Å². The van der Waals surface area contributed by atoms with Gasteiger partial charge in [0.2, 0.25) is 11.8 Å². The highest BCUT2D eigenvalue weighted by molar-refractivity contribution is 6.35. The average Bonchev–Trinajstić information content (AvgIpc) is 2.57. The molecule has 0 aliphatic heterocycles. The van der Waals surface area contributed by atoms with E-state index in [0.717, 1.165) is 5.69 Å². The van der Waals surface area contributed by atoms with Crippen molar-refractivity contribution in [1.29, 1.82) is 0 Å². The molecular weight excluding hydrogens is 349 g/mol. The second-order valence-corrected chi connectivity index (χ2v) is 5.85. The molecular formula is C17H17Cl2N3O2. The lowest BCUT2D eigenvalue weighted by molar-refractivity contribution is -0.116. The zero-order chi connectivity index (χ0) is 17.5. The van der Waals surface area contributed by atoms with Crippen LogP contribution in [-0.4, -0.2) is 18.4 Å². The van der Waals surface area contributed by atoms with Crippen LogP contribution in [0.15, 0.2) is 42.5 Å². The van der Waals surface area contributed by atoms with Crippen molar-refractivity contribution >= 4 is 52.1 Å². The van der Waals surface area contributed by atoms with E-state index in [1.807, 2.05) is 0 Å². The second kappa shape index (κ2) is 8.57. The minimum atomic E-state index is -0.248. The van der Waals surface area contributed by atoms with Crippen molar-refractivity contribution in [3.05, 3.63) is 52.5 Å². The van der Waals surface area contributed by atoms with Crippen molar-refractivity contribution in [2.45, 2.75) is 13.3 Å². The van der Waals surface area contributed by atoms with Crippen molar-refractivity contribution in [2.75, 3.05) is 22.5 Å². The molecule has 0 fully saturated rings. The molecule has 2 aromatic rings. The molecule has 0 aromatic heterocycles. The molecule has 0 saturated heterocycles. The molecule has 0 atom stereocenters. The minimum absolute atomic E-state index is 0.0477. The van der Waals surface area contributed by atoms with Gasteiger partial charge in [-0.2, -0.15) is 0 Å². The summed E-state index contributed by atoms with van der Waals surface area (Å²) >= 11 is 11.9. The average molecular weight is 366 g/mol. The molecule has 0 heterocycles. The van der Waals surface area contributed by atoms with E-state index in [2.05, 4.69) is 16.0 Å². The Morgan fingerprint density at radius 1 is 0.917 bits per heavy atom. The van der Waals surface area contributed by atoms with Gasteiger partial charge < -0.3 is 16.0 Å². The highest BCUT2D eigenvalue weighted by Gasteiger charge is 2.07. The number of carbonyl (C=O) groups excluding carboxylic acids is 2. The monoisotopic (exact) mass is 365 g/mol. The number of nitrogens with one attached hydrogen (secondary N) is 3. The fraction of sp³-hybridized carbons (Fsp3) is 0.176. The lowest BCUT2D eigenvalue weighted by Gasteiger charge is -2.10. The van der Waals surface area contributed by atoms with Gasteiger partial charge in [0.1, 0.15) is 0 Å². The van der Waals surface area contributed by atoms with E-state index in [-0.39, 0.29) is 18.4 Å². The molecule has 0 aliphatic rings. The van der Waals surface area contributed by atoms with Crippen LogP contribution >= 0.6 is 23.2 Å². The Bertz CT molecular complexity index is 733. The highest BCUT2D eigenvalue weighted by atomic mass is 35.5. The summed E-state index contributed by atoms with van der Waals surface area (Å²) in [7, 11) is 0. The van der Waals surface area contributed by atoms with Gasteiger partial charge in [-0.25, -0.2) is 0 Å². The molecule has 7 heteroatoms. The quantitative estimate of drug-likeness (QED) is 0.710. The van der Waals surface area contributed by atoms with Gasteiger partial charge in [0.15, 0.2) is 0 Å². The van der Waals surface area contributed by atoms with Gasteiger partial charge in [0, 0.05) is 22.8 Å². The Morgan fingerprint density at radius 2 is 1.58 bits per heavy atom. The summed E-state index contributed by atoms with van der Waals surface area (Å²) in [5.41, 5.74) is 1.94. The molecule has 0 saturated carbocycles. The summed E-state index contributed by atoms with van der Waals surface area (Å²) in [5, 5.41) is 9.35. The van der Waals surface area contributed by atoms with Crippen molar-refractivity contribution in [3.8, 4) is 0 Å². The first-order valence-electron chi connectivity index (χ1n) is 7.36. The van der Waals surface area contributed by atoms with Crippen LogP contribution in [0.2, 0.25) is 10.0 Å². The number of anilines is 3. The van der Waals surface area contributed by atoms with E-state index in [4.69, 9.17) is 23.2 Å². The number of carbonyl (C=O) groups is 2. The number of hydrogen-bond acceptors (Lipinski definition) is 3. The SMILES string of the molecule is CCC(=O)Nc1ccc(NCC(=O)Nc2cc(Cl)ccc2Cl)cc1. The third kappa shape index (κ3) is 5.44. The molecule has 2 amide bonds. The van der Waals surface area contributed by atoms with Gasteiger partial charge in [-0.05, 0) is 42.5 Å². The third-order valence-corrected chi connectivity index (χ3v) is 3.71.